The Kier molecular flexibility index (Phi) is 6.82. The average Bonchev–Trinajstić information content (AvgIpc) is 2.58. The van der Waals surface area contributed by atoms with Crippen LogP contribution in [-0.4, -0.2) is 5.71 Å². The zero-order chi connectivity index (χ0) is 14.2. The number of fused-ring (bicyclic) bond motifs is 1. The van der Waals surface area contributed by atoms with Gasteiger partial charge in [0.15, 0.2) is 0 Å². The van der Waals surface area contributed by atoms with Gasteiger partial charge in [0, 0.05) is 17.8 Å². The first-order valence-corrected chi connectivity index (χ1v) is 9.06. The van der Waals surface area contributed by atoms with E-state index in [1.165, 1.54) is 82.8 Å². The molecule has 0 saturated heterocycles. The van der Waals surface area contributed by atoms with Crippen LogP contribution in [0, 0.1) is 11.8 Å². The van der Waals surface area contributed by atoms with Crippen LogP contribution in [0.5, 0.6) is 0 Å². The van der Waals surface area contributed by atoms with E-state index in [4.69, 9.17) is 4.99 Å². The molecule has 2 aliphatic rings. The van der Waals surface area contributed by atoms with Crippen molar-refractivity contribution in [3.63, 3.8) is 0 Å². The van der Waals surface area contributed by atoms with E-state index >= 15 is 0 Å². The van der Waals surface area contributed by atoms with Crippen molar-refractivity contribution >= 4 is 5.71 Å². The topological polar surface area (TPSA) is 12.4 Å². The standard InChI is InChI=1S/C19H33N/c1-3-4-5-9-12-17-15-20-16(2)18-13-10-7-6-8-11-14-19(17)18/h15,18-19H,3-14H2,1-2H3. The molecule has 1 aliphatic heterocycles. The fourth-order valence-electron chi connectivity index (χ4n) is 3.99. The summed E-state index contributed by atoms with van der Waals surface area (Å²) in [5, 5.41) is 0. The fraction of sp³-hybridized carbons (Fsp3) is 0.842. The van der Waals surface area contributed by atoms with Crippen molar-refractivity contribution in [3.8, 4) is 0 Å². The summed E-state index contributed by atoms with van der Waals surface area (Å²) in [6.45, 7) is 4.56. The summed E-state index contributed by atoms with van der Waals surface area (Å²) in [5.74, 6) is 1.59. The van der Waals surface area contributed by atoms with E-state index in [1.807, 2.05) is 0 Å². The van der Waals surface area contributed by atoms with Crippen LogP contribution in [0.2, 0.25) is 0 Å². The Morgan fingerprint density at radius 3 is 2.40 bits per heavy atom. The van der Waals surface area contributed by atoms with Gasteiger partial charge < -0.3 is 0 Å². The molecule has 1 aliphatic carbocycles. The number of hydrogen-bond donors (Lipinski definition) is 0. The van der Waals surface area contributed by atoms with Gasteiger partial charge in [-0.2, -0.15) is 0 Å². The van der Waals surface area contributed by atoms with Gasteiger partial charge >= 0.3 is 0 Å². The molecule has 1 nitrogen and oxygen atoms in total. The van der Waals surface area contributed by atoms with Crippen molar-refractivity contribution in [3.05, 3.63) is 11.8 Å². The van der Waals surface area contributed by atoms with Gasteiger partial charge in [-0.3, -0.25) is 4.99 Å². The lowest BCUT2D eigenvalue weighted by Gasteiger charge is -2.32. The number of rotatable bonds is 5. The van der Waals surface area contributed by atoms with Crippen LogP contribution in [0.1, 0.15) is 90.9 Å². The molecular formula is C19H33N. The molecule has 1 heterocycles. The van der Waals surface area contributed by atoms with E-state index in [9.17, 15) is 0 Å². The molecule has 2 rings (SSSR count). The summed E-state index contributed by atoms with van der Waals surface area (Å²) in [5.41, 5.74) is 3.09. The number of nitrogens with zero attached hydrogens (tertiary/aromatic N) is 1. The highest BCUT2D eigenvalue weighted by molar-refractivity contribution is 5.86. The van der Waals surface area contributed by atoms with Gasteiger partial charge in [0.05, 0.1) is 0 Å². The first-order valence-electron chi connectivity index (χ1n) is 9.06. The minimum atomic E-state index is 0.763. The van der Waals surface area contributed by atoms with Crippen LogP contribution in [0.3, 0.4) is 0 Å². The summed E-state index contributed by atoms with van der Waals surface area (Å²) < 4.78 is 0. The Hall–Kier alpha value is -0.590. The van der Waals surface area contributed by atoms with E-state index in [1.54, 1.807) is 5.57 Å². The quantitative estimate of drug-likeness (QED) is 0.523. The second-order valence-electron chi connectivity index (χ2n) is 6.84. The van der Waals surface area contributed by atoms with E-state index < -0.39 is 0 Å². The van der Waals surface area contributed by atoms with Gasteiger partial charge in [-0.15, -0.1) is 0 Å². The Balaban J connectivity index is 1.98. The molecule has 2 atom stereocenters. The maximum atomic E-state index is 4.75. The molecule has 2 unspecified atom stereocenters. The lowest BCUT2D eigenvalue weighted by Crippen LogP contribution is -2.26. The Morgan fingerprint density at radius 1 is 0.950 bits per heavy atom. The number of unbranched alkanes of at least 4 members (excludes halogenated alkanes) is 3. The zero-order valence-corrected chi connectivity index (χ0v) is 13.7. The van der Waals surface area contributed by atoms with Crippen LogP contribution in [0.25, 0.3) is 0 Å². The Bertz CT molecular complexity index is 340. The number of hydrogen-bond acceptors (Lipinski definition) is 1. The van der Waals surface area contributed by atoms with Crippen LogP contribution < -0.4 is 0 Å². The third-order valence-electron chi connectivity index (χ3n) is 5.28. The van der Waals surface area contributed by atoms with E-state index in [2.05, 4.69) is 20.0 Å². The zero-order valence-electron chi connectivity index (χ0n) is 13.7. The molecule has 0 radical (unpaired) electrons. The normalized spacial score (nSPS) is 27.7. The smallest absolute Gasteiger partial charge is 0.0262 e. The van der Waals surface area contributed by atoms with Crippen LogP contribution in [0.15, 0.2) is 16.8 Å². The molecule has 0 aromatic rings. The van der Waals surface area contributed by atoms with Gasteiger partial charge in [0.25, 0.3) is 0 Å². The van der Waals surface area contributed by atoms with Crippen molar-refractivity contribution in [1.29, 1.82) is 0 Å². The van der Waals surface area contributed by atoms with Crippen LogP contribution >= 0.6 is 0 Å². The largest absolute Gasteiger partial charge is 0.266 e. The minimum Gasteiger partial charge on any atom is -0.266 e. The highest BCUT2D eigenvalue weighted by atomic mass is 14.7. The lowest BCUT2D eigenvalue weighted by atomic mass is 9.75. The predicted octanol–water partition coefficient (Wildman–Crippen LogP) is 6.29. The third-order valence-corrected chi connectivity index (χ3v) is 5.28. The molecule has 114 valence electrons. The molecule has 0 amide bonds. The molecule has 0 spiro atoms. The fourth-order valence-corrected chi connectivity index (χ4v) is 3.99. The van der Waals surface area contributed by atoms with Crippen molar-refractivity contribution < 1.29 is 0 Å². The summed E-state index contributed by atoms with van der Waals surface area (Å²) >= 11 is 0. The highest BCUT2D eigenvalue weighted by Crippen LogP contribution is 2.38. The summed E-state index contributed by atoms with van der Waals surface area (Å²) in [4.78, 5) is 4.75. The maximum absolute atomic E-state index is 4.75. The highest BCUT2D eigenvalue weighted by Gasteiger charge is 2.29. The van der Waals surface area contributed by atoms with Gasteiger partial charge in [0.1, 0.15) is 0 Å². The number of allylic oxidation sites excluding steroid dienone is 1. The van der Waals surface area contributed by atoms with Gasteiger partial charge in [-0.05, 0) is 44.1 Å². The average molecular weight is 275 g/mol. The minimum absolute atomic E-state index is 0.763. The molecule has 0 aromatic heterocycles. The van der Waals surface area contributed by atoms with Crippen molar-refractivity contribution in [1.82, 2.24) is 0 Å². The first-order chi connectivity index (χ1) is 9.83. The van der Waals surface area contributed by atoms with E-state index in [0.29, 0.717) is 0 Å². The molecule has 1 heteroatoms. The van der Waals surface area contributed by atoms with Crippen molar-refractivity contribution in [2.75, 3.05) is 0 Å². The molecule has 0 N–H and O–H groups in total. The Labute approximate surface area is 126 Å². The summed E-state index contributed by atoms with van der Waals surface area (Å²) in [6, 6.07) is 0. The molecule has 20 heavy (non-hydrogen) atoms. The maximum Gasteiger partial charge on any atom is 0.0262 e. The third kappa shape index (κ3) is 4.46. The van der Waals surface area contributed by atoms with Crippen LogP contribution in [0.4, 0.5) is 0 Å². The Morgan fingerprint density at radius 2 is 1.65 bits per heavy atom. The second kappa shape index (κ2) is 8.64. The second-order valence-corrected chi connectivity index (χ2v) is 6.84. The van der Waals surface area contributed by atoms with Crippen LogP contribution in [-0.2, 0) is 0 Å². The van der Waals surface area contributed by atoms with Gasteiger partial charge in [0.2, 0.25) is 0 Å². The molecule has 1 saturated carbocycles. The summed E-state index contributed by atoms with van der Waals surface area (Å²) in [7, 11) is 0. The molecule has 0 aromatic carbocycles. The van der Waals surface area contributed by atoms with E-state index in [0.717, 1.165) is 11.8 Å². The van der Waals surface area contributed by atoms with Crippen molar-refractivity contribution in [2.24, 2.45) is 16.8 Å². The predicted molar refractivity (Wildman–Crippen MR) is 89.3 cm³/mol. The summed E-state index contributed by atoms with van der Waals surface area (Å²) in [6.07, 6.45) is 19.0. The van der Waals surface area contributed by atoms with Gasteiger partial charge in [-0.25, -0.2) is 0 Å². The first kappa shape index (κ1) is 15.8. The number of aliphatic imine (C=N–C) groups is 1. The molecular weight excluding hydrogens is 242 g/mol. The molecule has 0 bridgehead atoms. The lowest BCUT2D eigenvalue weighted by molar-refractivity contribution is 0.395. The SMILES string of the molecule is CCCCCCC1=CN=C(C)C2CCCCCCCC12. The van der Waals surface area contributed by atoms with E-state index in [-0.39, 0.29) is 0 Å². The van der Waals surface area contributed by atoms with Gasteiger partial charge in [-0.1, -0.05) is 58.3 Å². The monoisotopic (exact) mass is 275 g/mol. The van der Waals surface area contributed by atoms with Crippen molar-refractivity contribution in [2.45, 2.75) is 90.9 Å². The molecule has 1 fully saturated rings.